The first-order chi connectivity index (χ1) is 10.6. The molecule has 1 atom stereocenters. The molecule has 3 heteroatoms. The second-order valence-corrected chi connectivity index (χ2v) is 6.14. The summed E-state index contributed by atoms with van der Waals surface area (Å²) in [7, 11) is 0. The third-order valence-electron chi connectivity index (χ3n) is 4.23. The third kappa shape index (κ3) is 9.99. The van der Waals surface area contributed by atoms with E-state index in [9.17, 15) is 4.79 Å². The minimum Gasteiger partial charge on any atom is -0.462 e. The number of carbonyl (C=O) groups excluding carboxylic acids is 1. The molecular weight excluding hydrogens is 274 g/mol. The van der Waals surface area contributed by atoms with Crippen LogP contribution in [0.4, 0.5) is 0 Å². The first-order valence-electron chi connectivity index (χ1n) is 9.13. The van der Waals surface area contributed by atoms with Gasteiger partial charge in [-0.15, -0.1) is 0 Å². The second kappa shape index (κ2) is 13.8. The van der Waals surface area contributed by atoms with E-state index in [1.807, 2.05) is 0 Å². The first kappa shape index (κ1) is 21.2. The average molecular weight is 312 g/mol. The summed E-state index contributed by atoms with van der Waals surface area (Å²) >= 11 is 0. The van der Waals surface area contributed by atoms with Gasteiger partial charge in [-0.3, -0.25) is 0 Å². The fourth-order valence-corrected chi connectivity index (χ4v) is 2.83. The smallest absolute Gasteiger partial charge is 0.333 e. The molecule has 22 heavy (non-hydrogen) atoms. The van der Waals surface area contributed by atoms with Gasteiger partial charge in [-0.1, -0.05) is 59.5 Å². The standard InChI is InChI=1S/C19H37NO2/c1-6-9-11-14-18(20(7-2)8-3)15-12-10-13-16-22-19(21)17(4)5/h18H,4,6-16H2,1-3,5H3. The Morgan fingerprint density at radius 2 is 1.59 bits per heavy atom. The van der Waals surface area contributed by atoms with E-state index in [1.54, 1.807) is 6.92 Å². The van der Waals surface area contributed by atoms with Crippen LogP contribution in [0.1, 0.15) is 79.1 Å². The van der Waals surface area contributed by atoms with Gasteiger partial charge in [0.25, 0.3) is 0 Å². The molecule has 0 heterocycles. The minimum absolute atomic E-state index is 0.263. The van der Waals surface area contributed by atoms with Crippen molar-refractivity contribution in [3.63, 3.8) is 0 Å². The van der Waals surface area contributed by atoms with Crippen molar-refractivity contribution in [2.24, 2.45) is 0 Å². The van der Waals surface area contributed by atoms with Crippen LogP contribution < -0.4 is 0 Å². The molecule has 0 amide bonds. The molecule has 0 spiro atoms. The molecule has 0 bridgehead atoms. The zero-order valence-electron chi connectivity index (χ0n) is 15.3. The van der Waals surface area contributed by atoms with Gasteiger partial charge in [0.2, 0.25) is 0 Å². The lowest BCUT2D eigenvalue weighted by molar-refractivity contribution is -0.139. The highest BCUT2D eigenvalue weighted by molar-refractivity contribution is 5.86. The van der Waals surface area contributed by atoms with E-state index in [4.69, 9.17) is 4.74 Å². The van der Waals surface area contributed by atoms with E-state index in [2.05, 4.69) is 32.3 Å². The SMILES string of the molecule is C=C(C)C(=O)OCCCCCC(CCCCC)N(CC)CC. The molecule has 0 radical (unpaired) electrons. The summed E-state index contributed by atoms with van der Waals surface area (Å²) in [6, 6.07) is 0.722. The van der Waals surface area contributed by atoms with Gasteiger partial charge in [0, 0.05) is 11.6 Å². The highest BCUT2D eigenvalue weighted by Gasteiger charge is 2.14. The number of unbranched alkanes of at least 4 members (excludes halogenated alkanes) is 4. The molecule has 0 aliphatic carbocycles. The van der Waals surface area contributed by atoms with Crippen molar-refractivity contribution in [1.29, 1.82) is 0 Å². The molecule has 0 N–H and O–H groups in total. The summed E-state index contributed by atoms with van der Waals surface area (Å²) in [5, 5.41) is 0. The lowest BCUT2D eigenvalue weighted by Crippen LogP contribution is -2.35. The Kier molecular flexibility index (Phi) is 13.3. The minimum atomic E-state index is -0.263. The summed E-state index contributed by atoms with van der Waals surface area (Å²) in [6.45, 7) is 14.9. The van der Waals surface area contributed by atoms with Crippen LogP contribution in [0.2, 0.25) is 0 Å². The number of carbonyl (C=O) groups is 1. The third-order valence-corrected chi connectivity index (χ3v) is 4.23. The number of rotatable bonds is 14. The van der Waals surface area contributed by atoms with Crippen molar-refractivity contribution in [1.82, 2.24) is 4.90 Å². The molecule has 0 saturated carbocycles. The Morgan fingerprint density at radius 1 is 1.00 bits per heavy atom. The predicted octanol–water partition coefficient (Wildman–Crippen LogP) is 4.96. The normalized spacial score (nSPS) is 12.4. The van der Waals surface area contributed by atoms with Gasteiger partial charge in [-0.25, -0.2) is 4.79 Å². The second-order valence-electron chi connectivity index (χ2n) is 6.14. The van der Waals surface area contributed by atoms with Gasteiger partial charge in [-0.05, 0) is 39.3 Å². The molecule has 0 aromatic heterocycles. The summed E-state index contributed by atoms with van der Waals surface area (Å²) in [5.41, 5.74) is 0.484. The maximum atomic E-state index is 11.3. The molecule has 0 aliphatic rings. The van der Waals surface area contributed by atoms with Crippen LogP contribution in [-0.4, -0.2) is 36.6 Å². The maximum Gasteiger partial charge on any atom is 0.333 e. The summed E-state index contributed by atoms with van der Waals surface area (Å²) in [6.07, 6.45) is 9.87. The monoisotopic (exact) mass is 311 g/mol. The highest BCUT2D eigenvalue weighted by atomic mass is 16.5. The zero-order valence-corrected chi connectivity index (χ0v) is 15.3. The first-order valence-corrected chi connectivity index (χ1v) is 9.13. The summed E-state index contributed by atoms with van der Waals surface area (Å²) in [4.78, 5) is 13.9. The molecule has 3 nitrogen and oxygen atoms in total. The highest BCUT2D eigenvalue weighted by Crippen LogP contribution is 2.17. The Bertz CT molecular complexity index is 298. The predicted molar refractivity (Wildman–Crippen MR) is 95.1 cm³/mol. The Morgan fingerprint density at radius 3 is 2.09 bits per heavy atom. The Hall–Kier alpha value is -0.830. The van der Waals surface area contributed by atoms with Crippen molar-refractivity contribution in [3.05, 3.63) is 12.2 Å². The molecule has 0 fully saturated rings. The maximum absolute atomic E-state index is 11.3. The molecule has 0 aromatic rings. The number of hydrogen-bond donors (Lipinski definition) is 0. The van der Waals surface area contributed by atoms with E-state index in [1.165, 1.54) is 38.5 Å². The van der Waals surface area contributed by atoms with Crippen LogP contribution in [0.25, 0.3) is 0 Å². The zero-order chi connectivity index (χ0) is 16.8. The van der Waals surface area contributed by atoms with Gasteiger partial charge in [0.05, 0.1) is 6.61 Å². The quantitative estimate of drug-likeness (QED) is 0.258. The topological polar surface area (TPSA) is 29.5 Å². The lowest BCUT2D eigenvalue weighted by Gasteiger charge is -2.30. The number of ether oxygens (including phenoxy) is 1. The number of hydrogen-bond acceptors (Lipinski definition) is 3. The molecule has 130 valence electrons. The van der Waals surface area contributed by atoms with Crippen LogP contribution in [0.15, 0.2) is 12.2 Å². The van der Waals surface area contributed by atoms with E-state index >= 15 is 0 Å². The van der Waals surface area contributed by atoms with Crippen LogP contribution in [-0.2, 0) is 9.53 Å². The fraction of sp³-hybridized carbons (Fsp3) is 0.842. The van der Waals surface area contributed by atoms with Gasteiger partial charge in [0.15, 0.2) is 0 Å². The molecular formula is C19H37NO2. The fourth-order valence-electron chi connectivity index (χ4n) is 2.83. The van der Waals surface area contributed by atoms with Gasteiger partial charge >= 0.3 is 5.97 Å². The van der Waals surface area contributed by atoms with Crippen molar-refractivity contribution in [2.75, 3.05) is 19.7 Å². The van der Waals surface area contributed by atoms with Crippen molar-refractivity contribution in [3.8, 4) is 0 Å². The van der Waals surface area contributed by atoms with E-state index in [0.717, 1.165) is 32.0 Å². The Balaban J connectivity index is 3.91. The van der Waals surface area contributed by atoms with Gasteiger partial charge < -0.3 is 9.64 Å². The van der Waals surface area contributed by atoms with E-state index < -0.39 is 0 Å². The average Bonchev–Trinajstić information content (AvgIpc) is 2.50. The summed E-state index contributed by atoms with van der Waals surface area (Å²) < 4.78 is 5.13. The van der Waals surface area contributed by atoms with Crippen LogP contribution >= 0.6 is 0 Å². The van der Waals surface area contributed by atoms with Gasteiger partial charge in [-0.2, -0.15) is 0 Å². The number of esters is 1. The van der Waals surface area contributed by atoms with Crippen molar-refractivity contribution in [2.45, 2.75) is 85.1 Å². The summed E-state index contributed by atoms with van der Waals surface area (Å²) in [5.74, 6) is -0.263. The van der Waals surface area contributed by atoms with Crippen LogP contribution in [0, 0.1) is 0 Å². The molecule has 0 rings (SSSR count). The Labute approximate surface area is 138 Å². The number of nitrogens with zero attached hydrogens (tertiary/aromatic N) is 1. The van der Waals surface area contributed by atoms with Crippen molar-refractivity contribution < 1.29 is 9.53 Å². The van der Waals surface area contributed by atoms with Gasteiger partial charge in [0.1, 0.15) is 0 Å². The largest absolute Gasteiger partial charge is 0.462 e. The lowest BCUT2D eigenvalue weighted by atomic mass is 10.0. The van der Waals surface area contributed by atoms with Crippen LogP contribution in [0.3, 0.4) is 0 Å². The van der Waals surface area contributed by atoms with E-state index in [-0.39, 0.29) is 5.97 Å². The van der Waals surface area contributed by atoms with E-state index in [0.29, 0.717) is 12.2 Å². The molecule has 0 aliphatic heterocycles. The molecule has 0 aromatic carbocycles. The van der Waals surface area contributed by atoms with Crippen LogP contribution in [0.5, 0.6) is 0 Å². The van der Waals surface area contributed by atoms with Crippen molar-refractivity contribution >= 4 is 5.97 Å². The molecule has 0 saturated heterocycles. The molecule has 1 unspecified atom stereocenters.